The minimum atomic E-state index is 0.589. The highest BCUT2D eigenvalue weighted by Gasteiger charge is 2.15. The molecule has 1 aromatic carbocycles. The molecule has 6 heteroatoms. The van der Waals surface area contributed by atoms with Crippen molar-refractivity contribution in [2.75, 3.05) is 26.2 Å². The van der Waals surface area contributed by atoms with Gasteiger partial charge in [0, 0.05) is 36.2 Å². The van der Waals surface area contributed by atoms with Crippen LogP contribution in [0, 0.1) is 6.92 Å². The van der Waals surface area contributed by atoms with Gasteiger partial charge in [-0.05, 0) is 30.7 Å². The van der Waals surface area contributed by atoms with Crippen LogP contribution in [0.25, 0.3) is 11.5 Å². The lowest BCUT2D eigenvalue weighted by molar-refractivity contribution is 0.225. The van der Waals surface area contributed by atoms with Gasteiger partial charge in [-0.2, -0.15) is 4.98 Å². The maximum atomic E-state index is 5.37. The van der Waals surface area contributed by atoms with E-state index in [1.807, 2.05) is 25.1 Å². The third-order valence-corrected chi connectivity index (χ3v) is 4.34. The van der Waals surface area contributed by atoms with Gasteiger partial charge in [-0.1, -0.05) is 21.1 Å². The van der Waals surface area contributed by atoms with Crippen molar-refractivity contribution >= 4 is 15.9 Å². The first kappa shape index (κ1) is 13.7. The number of aryl methyl sites for hydroxylation is 1. The van der Waals surface area contributed by atoms with Crippen LogP contribution in [0.3, 0.4) is 0 Å². The van der Waals surface area contributed by atoms with Gasteiger partial charge < -0.3 is 9.84 Å². The van der Waals surface area contributed by atoms with Crippen LogP contribution in [0.2, 0.25) is 0 Å². The number of hydrogen-bond donors (Lipinski definition) is 1. The fourth-order valence-corrected chi connectivity index (χ4v) is 2.53. The molecule has 5 nitrogen and oxygen atoms in total. The Kier molecular flexibility index (Phi) is 4.14. The summed E-state index contributed by atoms with van der Waals surface area (Å²) < 4.78 is 6.45. The van der Waals surface area contributed by atoms with Crippen molar-refractivity contribution in [3.05, 3.63) is 34.1 Å². The van der Waals surface area contributed by atoms with Crippen molar-refractivity contribution in [2.45, 2.75) is 13.5 Å². The summed E-state index contributed by atoms with van der Waals surface area (Å²) >= 11 is 3.49. The maximum absolute atomic E-state index is 5.37. The Morgan fingerprint density at radius 2 is 2.15 bits per heavy atom. The van der Waals surface area contributed by atoms with Crippen LogP contribution in [0.15, 0.2) is 27.2 Å². The summed E-state index contributed by atoms with van der Waals surface area (Å²) in [6, 6.07) is 6.04. The molecule has 20 heavy (non-hydrogen) atoms. The van der Waals surface area contributed by atoms with E-state index in [0.29, 0.717) is 5.89 Å². The van der Waals surface area contributed by atoms with Gasteiger partial charge >= 0.3 is 0 Å². The summed E-state index contributed by atoms with van der Waals surface area (Å²) in [4.78, 5) is 6.82. The lowest BCUT2D eigenvalue weighted by Gasteiger charge is -2.25. The average Bonchev–Trinajstić information content (AvgIpc) is 2.91. The van der Waals surface area contributed by atoms with Gasteiger partial charge in [0.25, 0.3) is 5.89 Å². The van der Waals surface area contributed by atoms with Crippen molar-refractivity contribution in [2.24, 2.45) is 0 Å². The topological polar surface area (TPSA) is 54.2 Å². The van der Waals surface area contributed by atoms with E-state index in [4.69, 9.17) is 4.52 Å². The molecule has 0 radical (unpaired) electrons. The Hall–Kier alpha value is -1.24. The first-order valence-electron chi connectivity index (χ1n) is 6.74. The maximum Gasteiger partial charge on any atom is 0.257 e. The smallest absolute Gasteiger partial charge is 0.257 e. The Balaban J connectivity index is 1.73. The normalized spacial score (nSPS) is 16.5. The number of piperazine rings is 1. The molecule has 0 unspecified atom stereocenters. The summed E-state index contributed by atoms with van der Waals surface area (Å²) in [5.74, 6) is 1.34. The van der Waals surface area contributed by atoms with Gasteiger partial charge in [-0.3, -0.25) is 4.90 Å². The molecule has 3 rings (SSSR count). The lowest BCUT2D eigenvalue weighted by atomic mass is 10.1. The van der Waals surface area contributed by atoms with Gasteiger partial charge in [0.2, 0.25) is 0 Å². The molecule has 0 spiro atoms. The molecule has 1 fully saturated rings. The summed E-state index contributed by atoms with van der Waals surface area (Å²) in [5, 5.41) is 7.41. The number of nitrogens with zero attached hydrogens (tertiary/aromatic N) is 3. The first-order valence-corrected chi connectivity index (χ1v) is 7.54. The fraction of sp³-hybridized carbons (Fsp3) is 0.429. The molecule has 1 aromatic heterocycles. The van der Waals surface area contributed by atoms with E-state index in [2.05, 4.69) is 36.3 Å². The Bertz CT molecular complexity index is 593. The molecular formula is C14H17BrN4O. The van der Waals surface area contributed by atoms with E-state index in [1.165, 1.54) is 0 Å². The predicted octanol–water partition coefficient (Wildman–Crippen LogP) is 2.21. The van der Waals surface area contributed by atoms with Crippen molar-refractivity contribution in [1.29, 1.82) is 0 Å². The van der Waals surface area contributed by atoms with E-state index in [-0.39, 0.29) is 0 Å². The second kappa shape index (κ2) is 6.03. The fourth-order valence-electron chi connectivity index (χ4n) is 2.28. The van der Waals surface area contributed by atoms with Crippen LogP contribution >= 0.6 is 15.9 Å². The minimum absolute atomic E-state index is 0.589. The van der Waals surface area contributed by atoms with E-state index < -0.39 is 0 Å². The SMILES string of the molecule is Cc1cc(-c2nc(CN3CCNCC3)no2)ccc1Br. The van der Waals surface area contributed by atoms with E-state index >= 15 is 0 Å². The van der Waals surface area contributed by atoms with Crippen LogP contribution in [-0.4, -0.2) is 41.2 Å². The van der Waals surface area contributed by atoms with Crippen molar-refractivity contribution < 1.29 is 4.52 Å². The molecule has 0 atom stereocenters. The summed E-state index contributed by atoms with van der Waals surface area (Å²) in [5.41, 5.74) is 2.12. The standard InChI is InChI=1S/C14H17BrN4O/c1-10-8-11(2-3-12(10)15)14-17-13(18-20-14)9-19-6-4-16-5-7-19/h2-3,8,16H,4-7,9H2,1H3. The van der Waals surface area contributed by atoms with Gasteiger partial charge in [-0.15, -0.1) is 0 Å². The second-order valence-corrected chi connectivity index (χ2v) is 5.86. The highest BCUT2D eigenvalue weighted by atomic mass is 79.9. The molecule has 1 aliphatic rings. The molecule has 0 bridgehead atoms. The zero-order valence-electron chi connectivity index (χ0n) is 11.4. The van der Waals surface area contributed by atoms with Crippen LogP contribution in [-0.2, 0) is 6.54 Å². The van der Waals surface area contributed by atoms with Crippen molar-refractivity contribution in [3.63, 3.8) is 0 Å². The highest BCUT2D eigenvalue weighted by molar-refractivity contribution is 9.10. The molecule has 2 aromatic rings. The molecule has 0 aliphatic carbocycles. The summed E-state index contributed by atoms with van der Waals surface area (Å²) in [7, 11) is 0. The predicted molar refractivity (Wildman–Crippen MR) is 80.3 cm³/mol. The van der Waals surface area contributed by atoms with Gasteiger partial charge in [0.05, 0.1) is 6.54 Å². The van der Waals surface area contributed by atoms with E-state index in [1.54, 1.807) is 0 Å². The Morgan fingerprint density at radius 3 is 2.90 bits per heavy atom. The molecule has 1 aliphatic heterocycles. The number of nitrogens with one attached hydrogen (secondary N) is 1. The third-order valence-electron chi connectivity index (χ3n) is 3.45. The lowest BCUT2D eigenvalue weighted by Crippen LogP contribution is -2.43. The largest absolute Gasteiger partial charge is 0.334 e. The molecular weight excluding hydrogens is 320 g/mol. The Morgan fingerprint density at radius 1 is 1.35 bits per heavy atom. The van der Waals surface area contributed by atoms with Crippen LogP contribution in [0.1, 0.15) is 11.4 Å². The molecule has 1 N–H and O–H groups in total. The zero-order chi connectivity index (χ0) is 13.9. The monoisotopic (exact) mass is 336 g/mol. The number of aromatic nitrogens is 2. The van der Waals surface area contributed by atoms with Crippen molar-refractivity contribution in [3.8, 4) is 11.5 Å². The summed E-state index contributed by atoms with van der Waals surface area (Å²) in [6.07, 6.45) is 0. The molecule has 1 saturated heterocycles. The highest BCUT2D eigenvalue weighted by Crippen LogP contribution is 2.23. The van der Waals surface area contributed by atoms with Gasteiger partial charge in [0.1, 0.15) is 0 Å². The van der Waals surface area contributed by atoms with Crippen LogP contribution in [0.4, 0.5) is 0 Å². The molecule has 2 heterocycles. The average molecular weight is 337 g/mol. The van der Waals surface area contributed by atoms with Crippen LogP contribution in [0.5, 0.6) is 0 Å². The van der Waals surface area contributed by atoms with Crippen LogP contribution < -0.4 is 5.32 Å². The van der Waals surface area contributed by atoms with Gasteiger partial charge in [0.15, 0.2) is 5.82 Å². The Labute approximate surface area is 126 Å². The number of rotatable bonds is 3. The molecule has 106 valence electrons. The number of benzene rings is 1. The molecule has 0 amide bonds. The minimum Gasteiger partial charge on any atom is -0.334 e. The first-order chi connectivity index (χ1) is 9.72. The van der Waals surface area contributed by atoms with Gasteiger partial charge in [-0.25, -0.2) is 0 Å². The third kappa shape index (κ3) is 3.08. The molecule has 0 saturated carbocycles. The van der Waals surface area contributed by atoms with E-state index in [9.17, 15) is 0 Å². The van der Waals surface area contributed by atoms with Crippen molar-refractivity contribution in [1.82, 2.24) is 20.4 Å². The number of hydrogen-bond acceptors (Lipinski definition) is 5. The quantitative estimate of drug-likeness (QED) is 0.931. The second-order valence-electron chi connectivity index (χ2n) is 5.01. The van der Waals surface area contributed by atoms with E-state index in [0.717, 1.165) is 54.1 Å². The number of halogens is 1. The zero-order valence-corrected chi connectivity index (χ0v) is 13.0. The summed E-state index contributed by atoms with van der Waals surface area (Å²) in [6.45, 7) is 6.90.